The Kier molecular flexibility index (Phi) is 7.10. The van der Waals surface area contributed by atoms with Gasteiger partial charge in [-0.2, -0.15) is 0 Å². The van der Waals surface area contributed by atoms with E-state index in [0.29, 0.717) is 47.3 Å². The fraction of sp³-hybridized carbons (Fsp3) is 0.286. The first kappa shape index (κ1) is 26.8. The Bertz CT molecular complexity index is 1670. The smallest absolute Gasteiger partial charge is 0.351 e. The minimum Gasteiger partial charge on any atom is -0.493 e. The van der Waals surface area contributed by atoms with Gasteiger partial charge in [0.15, 0.2) is 5.75 Å². The van der Waals surface area contributed by atoms with Gasteiger partial charge in [-0.25, -0.2) is 9.37 Å². The topological polar surface area (TPSA) is 143 Å². The summed E-state index contributed by atoms with van der Waals surface area (Å²) in [5.74, 6) is -0.498. The van der Waals surface area contributed by atoms with Crippen LogP contribution < -0.4 is 31.0 Å². The molecule has 41 heavy (non-hydrogen) atoms. The summed E-state index contributed by atoms with van der Waals surface area (Å²) in [6.45, 7) is 2.91. The normalized spacial score (nSPS) is 14.9. The van der Waals surface area contributed by atoms with Crippen LogP contribution in [0.3, 0.4) is 0 Å². The van der Waals surface area contributed by atoms with Gasteiger partial charge in [0.2, 0.25) is 17.4 Å². The van der Waals surface area contributed by atoms with E-state index in [-0.39, 0.29) is 22.2 Å². The molecule has 1 saturated heterocycles. The molecule has 11 nitrogen and oxygen atoms in total. The maximum atomic E-state index is 14.6. The minimum atomic E-state index is -0.945. The molecule has 2 aromatic carbocycles. The quantitative estimate of drug-likeness (QED) is 0.249. The van der Waals surface area contributed by atoms with Gasteiger partial charge in [-0.3, -0.25) is 24.8 Å². The van der Waals surface area contributed by atoms with Crippen LogP contribution in [-0.2, 0) is 11.2 Å². The van der Waals surface area contributed by atoms with Crippen LogP contribution in [0, 0.1) is 5.82 Å². The fourth-order valence-corrected chi connectivity index (χ4v) is 5.68. The van der Waals surface area contributed by atoms with E-state index >= 15 is 0 Å². The number of nitrogens with zero attached hydrogens (tertiary/aromatic N) is 3. The van der Waals surface area contributed by atoms with Crippen LogP contribution in [0.25, 0.3) is 11.0 Å². The number of benzene rings is 2. The van der Waals surface area contributed by atoms with E-state index < -0.39 is 11.7 Å². The van der Waals surface area contributed by atoms with Crippen molar-refractivity contribution >= 4 is 63.3 Å². The van der Waals surface area contributed by atoms with Gasteiger partial charge in [0, 0.05) is 23.8 Å². The van der Waals surface area contributed by atoms with Gasteiger partial charge in [-0.05, 0) is 62.2 Å². The second kappa shape index (κ2) is 10.9. The van der Waals surface area contributed by atoms with Crippen molar-refractivity contribution in [2.45, 2.75) is 19.3 Å². The molecule has 2 amide bonds. The maximum Gasteiger partial charge on any atom is 0.351 e. The van der Waals surface area contributed by atoms with E-state index in [1.165, 1.54) is 6.07 Å². The highest BCUT2D eigenvalue weighted by Crippen LogP contribution is 2.39. The molecule has 2 aromatic heterocycles. The molecule has 2 aliphatic heterocycles. The van der Waals surface area contributed by atoms with Gasteiger partial charge in [0.1, 0.15) is 11.5 Å². The largest absolute Gasteiger partial charge is 0.493 e. The summed E-state index contributed by atoms with van der Waals surface area (Å²) in [5.41, 5.74) is 8.26. The summed E-state index contributed by atoms with van der Waals surface area (Å²) in [4.78, 5) is 40.2. The molecule has 4 heterocycles. The Morgan fingerprint density at radius 1 is 1.17 bits per heavy atom. The minimum absolute atomic E-state index is 0.0738. The second-order valence-corrected chi connectivity index (χ2v) is 10.5. The first-order valence-electron chi connectivity index (χ1n) is 13.3. The van der Waals surface area contributed by atoms with Crippen molar-refractivity contribution in [2.75, 3.05) is 48.8 Å². The lowest BCUT2D eigenvalue weighted by Gasteiger charge is -2.22. The van der Waals surface area contributed by atoms with Crippen LogP contribution in [0.1, 0.15) is 28.8 Å². The zero-order valence-corrected chi connectivity index (χ0v) is 23.1. The predicted octanol–water partition coefficient (Wildman–Crippen LogP) is 3.75. The molecule has 13 heteroatoms. The Morgan fingerprint density at radius 3 is 2.73 bits per heavy atom. The molecule has 0 unspecified atom stereocenters. The van der Waals surface area contributed by atoms with Crippen molar-refractivity contribution in [3.05, 3.63) is 58.5 Å². The number of nitrogens with one attached hydrogen (secondary N) is 4. The van der Waals surface area contributed by atoms with Crippen molar-refractivity contribution in [1.29, 1.82) is 0 Å². The molecule has 0 atom stereocenters. The number of anilines is 5. The van der Waals surface area contributed by atoms with Gasteiger partial charge in [-0.1, -0.05) is 16.6 Å². The van der Waals surface area contributed by atoms with Crippen molar-refractivity contribution in [3.63, 3.8) is 0 Å². The number of primary amides is 1. The molecule has 6 N–H and O–H groups in total. The Hall–Kier alpha value is -4.42. The highest BCUT2D eigenvalue weighted by Gasteiger charge is 2.29. The third-order valence-electron chi connectivity index (χ3n) is 7.43. The van der Waals surface area contributed by atoms with Crippen LogP contribution in [0.15, 0.2) is 36.5 Å². The van der Waals surface area contributed by atoms with Crippen LogP contribution >= 0.6 is 11.6 Å². The second-order valence-electron chi connectivity index (χ2n) is 10.1. The predicted molar refractivity (Wildman–Crippen MR) is 154 cm³/mol. The first-order valence-corrected chi connectivity index (χ1v) is 13.7. The number of aromatic amines is 2. The number of H-pyrrole nitrogens is 2. The van der Waals surface area contributed by atoms with E-state index in [4.69, 9.17) is 22.1 Å². The number of likely N-dealkylation sites (tertiary alicyclic amines) is 1. The standard InChI is InChI=1S/C28H28ClFN8O3/c1-41-22-10-15-5-9-38(23(39)14-37-7-2-3-8-37)21(15)13-19(22)34-28-35-26-17(4-6-32-26)27(36-28)33-20-12-16(29)11-18(30)24(20)25(31)40/h4,6,10-13H,2-3,5,7-9,14H2,1H3,(H2,31,40)(H3,32,33,34,35,36)/p+1. The van der Waals surface area contributed by atoms with Crippen LogP contribution in [0.5, 0.6) is 5.75 Å². The maximum absolute atomic E-state index is 14.6. The van der Waals surface area contributed by atoms with E-state index in [1.807, 2.05) is 17.0 Å². The molecule has 6 rings (SSSR count). The van der Waals surface area contributed by atoms with E-state index in [1.54, 1.807) is 19.4 Å². The molecule has 0 bridgehead atoms. The molecular weight excluding hydrogens is 551 g/mol. The number of aromatic nitrogens is 3. The molecular formula is C28H29ClFN8O3+. The Balaban J connectivity index is 1.34. The van der Waals surface area contributed by atoms with Crippen molar-refractivity contribution in [1.82, 2.24) is 14.9 Å². The lowest BCUT2D eigenvalue weighted by molar-refractivity contribution is -0.333. The number of carbonyl (C=O) groups is 2. The van der Waals surface area contributed by atoms with E-state index in [0.717, 1.165) is 49.7 Å². The zero-order chi connectivity index (χ0) is 28.7. The summed E-state index contributed by atoms with van der Waals surface area (Å²) < 4.78 is 20.2. The van der Waals surface area contributed by atoms with Crippen molar-refractivity contribution < 1.29 is 23.7 Å². The monoisotopic (exact) mass is 579 g/mol. The summed E-state index contributed by atoms with van der Waals surface area (Å²) in [5, 5.41) is 7.01. The SMILES string of the molecule is COc1cc2c(cc1Nc1nc(Nc3cc(Cl)cc(F)c3C(N)=O)c3cc[nH]c3[nH+]1)N(C(=O)CN1CCCC1)CC2. The summed E-state index contributed by atoms with van der Waals surface area (Å²) in [6, 6.07) is 8.03. The van der Waals surface area contributed by atoms with Gasteiger partial charge >= 0.3 is 5.95 Å². The van der Waals surface area contributed by atoms with Gasteiger partial charge in [0.05, 0.1) is 36.0 Å². The molecule has 0 aliphatic carbocycles. The number of ether oxygens (including phenoxy) is 1. The van der Waals surface area contributed by atoms with Crippen LogP contribution in [-0.4, -0.2) is 60.0 Å². The van der Waals surface area contributed by atoms with Crippen LogP contribution in [0.2, 0.25) is 5.02 Å². The summed E-state index contributed by atoms with van der Waals surface area (Å²) in [6.07, 6.45) is 4.70. The number of halogens is 2. The number of methoxy groups -OCH3 is 1. The highest BCUT2D eigenvalue weighted by atomic mass is 35.5. The number of fused-ring (bicyclic) bond motifs is 2. The van der Waals surface area contributed by atoms with E-state index in [9.17, 15) is 14.0 Å². The fourth-order valence-electron chi connectivity index (χ4n) is 5.48. The molecule has 1 fully saturated rings. The third kappa shape index (κ3) is 5.23. The van der Waals surface area contributed by atoms with Crippen molar-refractivity contribution in [3.8, 4) is 5.75 Å². The Morgan fingerprint density at radius 2 is 1.98 bits per heavy atom. The van der Waals surface area contributed by atoms with E-state index in [2.05, 4.69) is 30.5 Å². The summed E-state index contributed by atoms with van der Waals surface area (Å²) in [7, 11) is 1.58. The number of hydrogen-bond acceptors (Lipinski definition) is 7. The number of nitrogens with two attached hydrogens (primary N) is 1. The number of rotatable bonds is 8. The molecule has 0 spiro atoms. The van der Waals surface area contributed by atoms with Gasteiger partial charge < -0.3 is 20.7 Å². The lowest BCUT2D eigenvalue weighted by Crippen LogP contribution is -2.38. The van der Waals surface area contributed by atoms with Crippen LogP contribution in [0.4, 0.5) is 33.2 Å². The first-order chi connectivity index (χ1) is 19.8. The lowest BCUT2D eigenvalue weighted by atomic mass is 10.1. The molecule has 0 radical (unpaired) electrons. The average Bonchev–Trinajstić information content (AvgIpc) is 3.68. The zero-order valence-electron chi connectivity index (χ0n) is 22.3. The van der Waals surface area contributed by atoms with Gasteiger partial charge in [-0.15, -0.1) is 0 Å². The molecule has 212 valence electrons. The average molecular weight is 580 g/mol. The number of amides is 2. The Labute approximate surface area is 239 Å². The number of hydrogen-bond donors (Lipinski definition) is 4. The van der Waals surface area contributed by atoms with Crippen molar-refractivity contribution in [2.24, 2.45) is 5.73 Å². The third-order valence-corrected chi connectivity index (χ3v) is 7.65. The molecule has 2 aliphatic rings. The molecule has 4 aromatic rings. The van der Waals surface area contributed by atoms with Gasteiger partial charge in [0.25, 0.3) is 5.91 Å². The number of carbonyl (C=O) groups excluding carboxylic acids is 2. The highest BCUT2D eigenvalue weighted by molar-refractivity contribution is 6.31. The summed E-state index contributed by atoms with van der Waals surface area (Å²) >= 11 is 6.07. The molecule has 0 saturated carbocycles.